The third-order valence-electron chi connectivity index (χ3n) is 4.02. The van der Waals surface area contributed by atoms with Gasteiger partial charge in [-0.3, -0.25) is 4.79 Å². The van der Waals surface area contributed by atoms with E-state index in [0.29, 0.717) is 4.58 Å². The Kier molecular flexibility index (Phi) is 5.14. The fourth-order valence-corrected chi connectivity index (χ4v) is 5.67. The largest absolute Gasteiger partial charge is 0.333 e. The number of hydrogen-bond donors (Lipinski definition) is 1. The molecule has 0 aliphatic carbocycles. The van der Waals surface area contributed by atoms with E-state index in [1.54, 1.807) is 0 Å². The number of nitrogens with one attached hydrogen (secondary N) is 1. The second kappa shape index (κ2) is 7.07. The molecular formula is C16H22N2OS2. The SMILES string of the molecule is CC1CNCCN1C(=O)c1ccc(C2SCCCS2)cc1. The lowest BCUT2D eigenvalue weighted by Gasteiger charge is -2.34. The van der Waals surface area contributed by atoms with E-state index in [1.807, 2.05) is 40.6 Å². The molecule has 0 saturated carbocycles. The van der Waals surface area contributed by atoms with Crippen molar-refractivity contribution in [1.29, 1.82) is 0 Å². The molecule has 2 fully saturated rings. The summed E-state index contributed by atoms with van der Waals surface area (Å²) in [5.74, 6) is 2.66. The fourth-order valence-electron chi connectivity index (χ4n) is 2.77. The molecule has 114 valence electrons. The molecule has 0 spiro atoms. The van der Waals surface area contributed by atoms with E-state index >= 15 is 0 Å². The highest BCUT2D eigenvalue weighted by Gasteiger charge is 2.24. The first-order valence-corrected chi connectivity index (χ1v) is 9.70. The first-order valence-electron chi connectivity index (χ1n) is 7.60. The summed E-state index contributed by atoms with van der Waals surface area (Å²) in [6, 6.07) is 8.55. The van der Waals surface area contributed by atoms with Gasteiger partial charge in [0.05, 0.1) is 4.58 Å². The fraction of sp³-hybridized carbons (Fsp3) is 0.562. The van der Waals surface area contributed by atoms with Gasteiger partial charge >= 0.3 is 0 Å². The summed E-state index contributed by atoms with van der Waals surface area (Å²) in [5, 5.41) is 3.32. The second-order valence-electron chi connectivity index (χ2n) is 5.60. The molecule has 2 aliphatic rings. The number of thioether (sulfide) groups is 2. The van der Waals surface area contributed by atoms with Crippen molar-refractivity contribution in [1.82, 2.24) is 10.2 Å². The van der Waals surface area contributed by atoms with E-state index < -0.39 is 0 Å². The molecule has 2 aliphatic heterocycles. The quantitative estimate of drug-likeness (QED) is 0.907. The van der Waals surface area contributed by atoms with Gasteiger partial charge in [-0.05, 0) is 42.5 Å². The number of rotatable bonds is 2. The van der Waals surface area contributed by atoms with E-state index in [2.05, 4.69) is 24.4 Å². The van der Waals surface area contributed by atoms with Crippen LogP contribution in [-0.4, -0.2) is 48.0 Å². The number of hydrogen-bond acceptors (Lipinski definition) is 4. The number of amides is 1. The van der Waals surface area contributed by atoms with E-state index in [0.717, 1.165) is 25.2 Å². The smallest absolute Gasteiger partial charge is 0.254 e. The first-order chi connectivity index (χ1) is 10.3. The van der Waals surface area contributed by atoms with Gasteiger partial charge in [-0.2, -0.15) is 0 Å². The first kappa shape index (κ1) is 15.3. The number of carbonyl (C=O) groups excluding carboxylic acids is 1. The Hall–Kier alpha value is -0.650. The molecule has 0 bridgehead atoms. The topological polar surface area (TPSA) is 32.3 Å². The molecule has 3 nitrogen and oxygen atoms in total. The summed E-state index contributed by atoms with van der Waals surface area (Å²) in [6.45, 7) is 4.69. The molecule has 0 radical (unpaired) electrons. The van der Waals surface area contributed by atoms with Crippen LogP contribution in [0.5, 0.6) is 0 Å². The van der Waals surface area contributed by atoms with Gasteiger partial charge in [-0.1, -0.05) is 12.1 Å². The van der Waals surface area contributed by atoms with Crippen molar-refractivity contribution < 1.29 is 4.79 Å². The highest BCUT2D eigenvalue weighted by molar-refractivity contribution is 8.16. The third-order valence-corrected chi connectivity index (χ3v) is 7.03. The predicted molar refractivity (Wildman–Crippen MR) is 92.1 cm³/mol. The van der Waals surface area contributed by atoms with Crippen LogP contribution >= 0.6 is 23.5 Å². The molecular weight excluding hydrogens is 300 g/mol. The van der Waals surface area contributed by atoms with Gasteiger partial charge in [0, 0.05) is 31.2 Å². The monoisotopic (exact) mass is 322 g/mol. The van der Waals surface area contributed by atoms with E-state index in [9.17, 15) is 4.79 Å². The Labute approximate surface area is 135 Å². The zero-order valence-corrected chi connectivity index (χ0v) is 14.0. The minimum atomic E-state index is 0.166. The Bertz CT molecular complexity index is 486. The maximum absolute atomic E-state index is 12.6. The molecule has 5 heteroatoms. The number of benzene rings is 1. The van der Waals surface area contributed by atoms with Gasteiger partial charge < -0.3 is 10.2 Å². The van der Waals surface area contributed by atoms with Crippen molar-refractivity contribution in [2.45, 2.75) is 24.0 Å². The average molecular weight is 322 g/mol. The Morgan fingerprint density at radius 2 is 1.95 bits per heavy atom. The lowest BCUT2D eigenvalue weighted by atomic mass is 10.1. The predicted octanol–water partition coefficient (Wildman–Crippen LogP) is 2.99. The van der Waals surface area contributed by atoms with Gasteiger partial charge in [0.15, 0.2) is 0 Å². The summed E-state index contributed by atoms with van der Waals surface area (Å²) < 4.78 is 0.543. The lowest BCUT2D eigenvalue weighted by molar-refractivity contribution is 0.0656. The molecule has 1 atom stereocenters. The van der Waals surface area contributed by atoms with Gasteiger partial charge in [0.25, 0.3) is 5.91 Å². The van der Waals surface area contributed by atoms with Crippen LogP contribution < -0.4 is 5.32 Å². The summed E-state index contributed by atoms with van der Waals surface area (Å²) >= 11 is 4.04. The summed E-state index contributed by atoms with van der Waals surface area (Å²) in [5.41, 5.74) is 2.16. The van der Waals surface area contributed by atoms with Crippen LogP contribution in [-0.2, 0) is 0 Å². The van der Waals surface area contributed by atoms with E-state index in [-0.39, 0.29) is 11.9 Å². The van der Waals surface area contributed by atoms with E-state index in [4.69, 9.17) is 0 Å². The molecule has 3 rings (SSSR count). The van der Waals surface area contributed by atoms with Gasteiger partial charge in [-0.25, -0.2) is 0 Å². The van der Waals surface area contributed by atoms with Crippen LogP contribution in [0.4, 0.5) is 0 Å². The molecule has 1 aromatic rings. The Balaban J connectivity index is 1.69. The number of nitrogens with zero attached hydrogens (tertiary/aromatic N) is 1. The molecule has 1 N–H and O–H groups in total. The maximum atomic E-state index is 12.6. The van der Waals surface area contributed by atoms with Crippen LogP contribution in [0.1, 0.15) is 33.8 Å². The van der Waals surface area contributed by atoms with Crippen molar-refractivity contribution in [3.8, 4) is 0 Å². The third kappa shape index (κ3) is 3.58. The molecule has 1 aromatic carbocycles. The highest BCUT2D eigenvalue weighted by atomic mass is 32.2. The van der Waals surface area contributed by atoms with Crippen molar-refractivity contribution >= 4 is 29.4 Å². The normalized spacial score (nSPS) is 24.0. The molecule has 0 aromatic heterocycles. The van der Waals surface area contributed by atoms with Crippen LogP contribution in [0.2, 0.25) is 0 Å². The molecule has 21 heavy (non-hydrogen) atoms. The van der Waals surface area contributed by atoms with Crippen molar-refractivity contribution in [2.75, 3.05) is 31.1 Å². The second-order valence-corrected chi connectivity index (χ2v) is 8.33. The van der Waals surface area contributed by atoms with Crippen LogP contribution in [0.3, 0.4) is 0 Å². The van der Waals surface area contributed by atoms with Crippen LogP contribution in [0.15, 0.2) is 24.3 Å². The number of carbonyl (C=O) groups is 1. The standard InChI is InChI=1S/C16H22N2OS2/c1-12-11-17-7-8-18(12)15(19)13-3-5-14(6-4-13)16-20-9-2-10-21-16/h3-6,12,16-17H,2,7-11H2,1H3. The Morgan fingerprint density at radius 3 is 2.62 bits per heavy atom. The average Bonchev–Trinajstić information content (AvgIpc) is 2.56. The van der Waals surface area contributed by atoms with Crippen molar-refractivity contribution in [3.63, 3.8) is 0 Å². The highest BCUT2D eigenvalue weighted by Crippen LogP contribution is 2.43. The van der Waals surface area contributed by atoms with Gasteiger partial charge in [0.2, 0.25) is 0 Å². The molecule has 2 heterocycles. The van der Waals surface area contributed by atoms with Crippen LogP contribution in [0.25, 0.3) is 0 Å². The van der Waals surface area contributed by atoms with E-state index in [1.165, 1.54) is 23.5 Å². The zero-order chi connectivity index (χ0) is 14.7. The zero-order valence-electron chi connectivity index (χ0n) is 12.4. The summed E-state index contributed by atoms with van der Waals surface area (Å²) in [6.07, 6.45) is 1.31. The van der Waals surface area contributed by atoms with Gasteiger partial charge in [0.1, 0.15) is 0 Å². The van der Waals surface area contributed by atoms with Crippen LogP contribution in [0, 0.1) is 0 Å². The van der Waals surface area contributed by atoms with Crippen molar-refractivity contribution in [2.24, 2.45) is 0 Å². The summed E-state index contributed by atoms with van der Waals surface area (Å²) in [7, 11) is 0. The molecule has 2 saturated heterocycles. The van der Waals surface area contributed by atoms with Crippen molar-refractivity contribution in [3.05, 3.63) is 35.4 Å². The molecule has 1 unspecified atom stereocenters. The maximum Gasteiger partial charge on any atom is 0.254 e. The summed E-state index contributed by atoms with van der Waals surface area (Å²) in [4.78, 5) is 14.6. The lowest BCUT2D eigenvalue weighted by Crippen LogP contribution is -2.52. The Morgan fingerprint density at radius 1 is 1.24 bits per heavy atom. The minimum absolute atomic E-state index is 0.166. The molecule has 1 amide bonds. The number of piperazine rings is 1. The van der Waals surface area contributed by atoms with Gasteiger partial charge in [-0.15, -0.1) is 23.5 Å². The minimum Gasteiger partial charge on any atom is -0.333 e.